The lowest BCUT2D eigenvalue weighted by Gasteiger charge is -1.84. The highest BCUT2D eigenvalue weighted by Gasteiger charge is 2.21. The largest absolute Gasteiger partial charge is 0.410 e. The van der Waals surface area contributed by atoms with Gasteiger partial charge in [-0.1, -0.05) is 5.16 Å². The second-order valence-electron chi connectivity index (χ2n) is 1.39. The van der Waals surface area contributed by atoms with Gasteiger partial charge in [-0.3, -0.25) is 4.79 Å². The highest BCUT2D eigenvalue weighted by molar-refractivity contribution is 6.67. The number of carbonyl (C=O) groups is 1. The van der Waals surface area contributed by atoms with Crippen LogP contribution in [0.1, 0.15) is 0 Å². The van der Waals surface area contributed by atoms with Crippen molar-refractivity contribution < 1.29 is 10.0 Å². The van der Waals surface area contributed by atoms with E-state index in [4.69, 9.17) is 10.9 Å². The maximum atomic E-state index is 10.4. The molecule has 1 rings (SSSR count). The summed E-state index contributed by atoms with van der Waals surface area (Å²) in [5, 5.41) is 13.9. The molecule has 1 aliphatic heterocycles. The summed E-state index contributed by atoms with van der Waals surface area (Å²) in [4.78, 5) is 10.4. The van der Waals surface area contributed by atoms with E-state index in [0.717, 1.165) is 0 Å². The Morgan fingerprint density at radius 2 is 2.44 bits per heavy atom. The normalized spacial score (nSPS) is 22.0. The maximum Gasteiger partial charge on any atom is 0.297 e. The molecule has 0 aromatic heterocycles. The molecule has 6 heteroatoms. The summed E-state index contributed by atoms with van der Waals surface area (Å²) in [6, 6.07) is 0. The molecule has 0 aromatic rings. The predicted molar refractivity (Wildman–Crippen MR) is 29.0 cm³/mol. The first-order chi connectivity index (χ1) is 4.25. The number of oxime groups is 1. The quantitative estimate of drug-likeness (QED) is 0.265. The molecule has 9 heavy (non-hydrogen) atoms. The van der Waals surface area contributed by atoms with Gasteiger partial charge < -0.3 is 10.9 Å². The topological polar surface area (TPSA) is 100 Å². The monoisotopic (exact) mass is 128 g/mol. The van der Waals surface area contributed by atoms with Crippen molar-refractivity contribution in [2.24, 2.45) is 16.0 Å². The highest BCUT2D eigenvalue weighted by atomic mass is 16.4. The molecule has 0 saturated heterocycles. The van der Waals surface area contributed by atoms with Crippen LogP contribution in [0.25, 0.3) is 0 Å². The zero-order valence-electron chi connectivity index (χ0n) is 4.33. The zero-order valence-corrected chi connectivity index (χ0v) is 4.33. The van der Waals surface area contributed by atoms with Crippen molar-refractivity contribution in [1.82, 2.24) is 5.43 Å². The molecule has 0 atom stereocenters. The fourth-order valence-electron chi connectivity index (χ4n) is 0.430. The van der Waals surface area contributed by atoms with Crippen molar-refractivity contribution in [3.05, 3.63) is 0 Å². The second-order valence-corrected chi connectivity index (χ2v) is 1.39. The molecule has 0 fully saturated rings. The Bertz CT molecular complexity index is 206. The van der Waals surface area contributed by atoms with E-state index in [1.54, 1.807) is 0 Å². The van der Waals surface area contributed by atoms with Gasteiger partial charge in [0.2, 0.25) is 5.71 Å². The molecule has 1 aliphatic rings. The van der Waals surface area contributed by atoms with E-state index in [0.29, 0.717) is 0 Å². The van der Waals surface area contributed by atoms with Gasteiger partial charge in [-0.05, 0) is 0 Å². The summed E-state index contributed by atoms with van der Waals surface area (Å²) in [6.07, 6.45) is 0. The van der Waals surface area contributed by atoms with E-state index in [1.165, 1.54) is 0 Å². The molecule has 1 heterocycles. The lowest BCUT2D eigenvalue weighted by molar-refractivity contribution is -0.114. The van der Waals surface area contributed by atoms with E-state index < -0.39 is 5.91 Å². The van der Waals surface area contributed by atoms with Crippen LogP contribution in [0.2, 0.25) is 0 Å². The molecule has 0 aromatic carbocycles. The SMILES string of the molecule is NC1=NNC(=O)/C1=N/O. The van der Waals surface area contributed by atoms with Crippen LogP contribution in [-0.4, -0.2) is 22.7 Å². The lowest BCUT2D eigenvalue weighted by Crippen LogP contribution is -2.27. The van der Waals surface area contributed by atoms with E-state index in [9.17, 15) is 4.79 Å². The van der Waals surface area contributed by atoms with E-state index in [1.807, 2.05) is 5.43 Å². The van der Waals surface area contributed by atoms with Crippen molar-refractivity contribution >= 4 is 17.5 Å². The molecule has 0 aliphatic carbocycles. The molecular formula is C3H4N4O2. The van der Waals surface area contributed by atoms with E-state index in [2.05, 4.69) is 10.3 Å². The number of carbonyl (C=O) groups excluding carboxylic acids is 1. The highest BCUT2D eigenvalue weighted by Crippen LogP contribution is 1.86. The van der Waals surface area contributed by atoms with Gasteiger partial charge in [0, 0.05) is 0 Å². The number of nitrogens with two attached hydrogens (primary N) is 1. The maximum absolute atomic E-state index is 10.4. The molecule has 0 unspecified atom stereocenters. The van der Waals surface area contributed by atoms with Crippen LogP contribution < -0.4 is 11.2 Å². The van der Waals surface area contributed by atoms with Crippen molar-refractivity contribution in [2.75, 3.05) is 0 Å². The van der Waals surface area contributed by atoms with Crippen molar-refractivity contribution in [2.45, 2.75) is 0 Å². The van der Waals surface area contributed by atoms with Crippen LogP contribution in [-0.2, 0) is 4.79 Å². The van der Waals surface area contributed by atoms with Gasteiger partial charge in [0.15, 0.2) is 5.84 Å². The molecule has 0 saturated carbocycles. The van der Waals surface area contributed by atoms with Gasteiger partial charge in [0.05, 0.1) is 0 Å². The second kappa shape index (κ2) is 1.73. The number of rotatable bonds is 0. The Kier molecular flexibility index (Phi) is 1.07. The fraction of sp³-hybridized carbons (Fsp3) is 0. The average Bonchev–Trinajstić information content (AvgIpc) is 2.12. The third kappa shape index (κ3) is 0.693. The predicted octanol–water partition coefficient (Wildman–Crippen LogP) is -1.78. The third-order valence-corrected chi connectivity index (χ3v) is 0.836. The molecule has 0 spiro atoms. The number of hydrogen-bond donors (Lipinski definition) is 3. The summed E-state index contributed by atoms with van der Waals surface area (Å²) in [5.41, 5.74) is 6.82. The van der Waals surface area contributed by atoms with Crippen molar-refractivity contribution in [3.8, 4) is 0 Å². The molecule has 0 bridgehead atoms. The average molecular weight is 128 g/mol. The fourth-order valence-corrected chi connectivity index (χ4v) is 0.430. The molecule has 1 amide bonds. The first kappa shape index (κ1) is 5.54. The van der Waals surface area contributed by atoms with Gasteiger partial charge in [0.1, 0.15) is 0 Å². The van der Waals surface area contributed by atoms with Crippen LogP contribution in [0.3, 0.4) is 0 Å². The Balaban J connectivity index is 2.93. The van der Waals surface area contributed by atoms with Gasteiger partial charge >= 0.3 is 0 Å². The van der Waals surface area contributed by atoms with Gasteiger partial charge in [-0.25, -0.2) is 5.43 Å². The van der Waals surface area contributed by atoms with Crippen LogP contribution in [0, 0.1) is 0 Å². The Hall–Kier alpha value is -1.59. The van der Waals surface area contributed by atoms with E-state index >= 15 is 0 Å². The number of nitrogens with one attached hydrogen (secondary N) is 1. The van der Waals surface area contributed by atoms with Crippen LogP contribution in [0.15, 0.2) is 10.3 Å². The summed E-state index contributed by atoms with van der Waals surface area (Å²) in [5.74, 6) is -0.683. The van der Waals surface area contributed by atoms with Crippen LogP contribution in [0.5, 0.6) is 0 Å². The van der Waals surface area contributed by atoms with Gasteiger partial charge in [-0.15, -0.1) is 0 Å². The number of nitrogens with zero attached hydrogens (tertiary/aromatic N) is 2. The number of hydrazone groups is 1. The Labute approximate surface area is 50.0 Å². The van der Waals surface area contributed by atoms with Crippen molar-refractivity contribution in [3.63, 3.8) is 0 Å². The standard InChI is InChI=1S/C3H4N4O2/c4-2-1(7-9)3(8)6-5-2/h9H,(H3,4,5,6,7,8). The lowest BCUT2D eigenvalue weighted by atomic mass is 10.3. The first-order valence-electron chi connectivity index (χ1n) is 2.11. The third-order valence-electron chi connectivity index (χ3n) is 0.836. The zero-order chi connectivity index (χ0) is 6.85. The summed E-state index contributed by atoms with van der Waals surface area (Å²) >= 11 is 0. The first-order valence-corrected chi connectivity index (χ1v) is 2.11. The van der Waals surface area contributed by atoms with Crippen LogP contribution in [0.4, 0.5) is 0 Å². The number of hydrogen-bond acceptors (Lipinski definition) is 5. The smallest absolute Gasteiger partial charge is 0.297 e. The number of amidine groups is 1. The molecule has 4 N–H and O–H groups in total. The summed E-state index contributed by atoms with van der Waals surface area (Å²) in [7, 11) is 0. The minimum absolute atomic E-state index is 0.0949. The molecule has 48 valence electrons. The summed E-state index contributed by atoms with van der Waals surface area (Å²) < 4.78 is 0. The van der Waals surface area contributed by atoms with Gasteiger partial charge in [-0.2, -0.15) is 5.10 Å². The minimum Gasteiger partial charge on any atom is -0.410 e. The molecular weight excluding hydrogens is 124 g/mol. The van der Waals surface area contributed by atoms with Crippen LogP contribution >= 0.6 is 0 Å². The van der Waals surface area contributed by atoms with Crippen molar-refractivity contribution in [1.29, 1.82) is 0 Å². The Morgan fingerprint density at radius 1 is 1.78 bits per heavy atom. The van der Waals surface area contributed by atoms with E-state index in [-0.39, 0.29) is 11.5 Å². The molecule has 0 radical (unpaired) electrons. The Morgan fingerprint density at radius 3 is 2.67 bits per heavy atom. The minimum atomic E-state index is -0.588. The number of amides is 1. The van der Waals surface area contributed by atoms with Gasteiger partial charge in [0.25, 0.3) is 5.91 Å². The molecule has 6 nitrogen and oxygen atoms in total. The summed E-state index contributed by atoms with van der Waals surface area (Å²) in [6.45, 7) is 0.